The second-order valence-corrected chi connectivity index (χ2v) is 3.32. The van der Waals surface area contributed by atoms with E-state index in [0.29, 0.717) is 27.6 Å². The minimum Gasteiger partial charge on any atom is -0.298 e. The number of carbonyl (C=O) groups excluding carboxylic acids is 1. The molecule has 0 amide bonds. The lowest BCUT2D eigenvalue weighted by molar-refractivity contribution is 0.112. The molecule has 0 atom stereocenters. The summed E-state index contributed by atoms with van der Waals surface area (Å²) < 4.78 is 13.3. The number of halogens is 2. The van der Waals surface area contributed by atoms with Crippen LogP contribution in [-0.4, -0.2) is 6.29 Å². The van der Waals surface area contributed by atoms with Crippen LogP contribution >= 0.6 is 11.6 Å². The molecule has 0 aliphatic rings. The Hall–Kier alpha value is -1.41. The molecule has 70 valence electrons. The highest BCUT2D eigenvalue weighted by Crippen LogP contribution is 2.26. The van der Waals surface area contributed by atoms with E-state index < -0.39 is 0 Å². The van der Waals surface area contributed by atoms with Crippen LogP contribution in [0.25, 0.3) is 10.8 Å². The van der Waals surface area contributed by atoms with Crippen molar-refractivity contribution in [1.82, 2.24) is 0 Å². The highest BCUT2D eigenvalue weighted by Gasteiger charge is 2.07. The van der Waals surface area contributed by atoms with E-state index in [1.54, 1.807) is 18.2 Å². The minimum atomic E-state index is -0.345. The molecule has 0 aliphatic carbocycles. The summed E-state index contributed by atoms with van der Waals surface area (Å²) in [6.45, 7) is 0. The molecule has 0 saturated heterocycles. The molecule has 14 heavy (non-hydrogen) atoms. The van der Waals surface area contributed by atoms with Crippen LogP contribution in [-0.2, 0) is 0 Å². The number of aldehydes is 1. The fourth-order valence-corrected chi connectivity index (χ4v) is 1.65. The quantitative estimate of drug-likeness (QED) is 0.656. The summed E-state index contributed by atoms with van der Waals surface area (Å²) in [6.07, 6.45) is 0.643. The van der Waals surface area contributed by atoms with E-state index in [9.17, 15) is 9.18 Å². The largest absolute Gasteiger partial charge is 0.298 e. The van der Waals surface area contributed by atoms with Crippen LogP contribution in [0.5, 0.6) is 0 Å². The first-order valence-corrected chi connectivity index (χ1v) is 4.44. The van der Waals surface area contributed by atoms with Crippen molar-refractivity contribution in [2.45, 2.75) is 0 Å². The van der Waals surface area contributed by atoms with Gasteiger partial charge < -0.3 is 0 Å². The maximum atomic E-state index is 13.3. The van der Waals surface area contributed by atoms with Gasteiger partial charge in [-0.1, -0.05) is 23.7 Å². The third-order valence-electron chi connectivity index (χ3n) is 2.11. The van der Waals surface area contributed by atoms with Crippen LogP contribution in [0.3, 0.4) is 0 Å². The van der Waals surface area contributed by atoms with Gasteiger partial charge in [0.05, 0.1) is 5.02 Å². The predicted octanol–water partition coefficient (Wildman–Crippen LogP) is 3.44. The van der Waals surface area contributed by atoms with Crippen LogP contribution in [0, 0.1) is 5.82 Å². The molecule has 0 bridgehead atoms. The molecule has 3 heteroatoms. The molecule has 0 aromatic heterocycles. The summed E-state index contributed by atoms with van der Waals surface area (Å²) in [5.41, 5.74) is 0.337. The maximum Gasteiger partial charge on any atom is 0.152 e. The van der Waals surface area contributed by atoms with Crippen LogP contribution < -0.4 is 0 Å². The first-order chi connectivity index (χ1) is 6.74. The Morgan fingerprint density at radius 2 is 1.93 bits per heavy atom. The zero-order valence-corrected chi connectivity index (χ0v) is 7.88. The van der Waals surface area contributed by atoms with Gasteiger partial charge in [-0.2, -0.15) is 0 Å². The lowest BCUT2D eigenvalue weighted by Crippen LogP contribution is -1.87. The van der Waals surface area contributed by atoms with E-state index in [4.69, 9.17) is 11.6 Å². The molecule has 2 rings (SSSR count). The van der Waals surface area contributed by atoms with Gasteiger partial charge in [0.1, 0.15) is 5.82 Å². The topological polar surface area (TPSA) is 17.1 Å². The minimum absolute atomic E-state index is 0.337. The lowest BCUT2D eigenvalue weighted by atomic mass is 10.1. The van der Waals surface area contributed by atoms with Crippen molar-refractivity contribution in [2.24, 2.45) is 0 Å². The van der Waals surface area contributed by atoms with Gasteiger partial charge in [-0.15, -0.1) is 0 Å². The van der Waals surface area contributed by atoms with Crippen LogP contribution in [0.2, 0.25) is 5.02 Å². The number of benzene rings is 2. The number of hydrogen-bond donors (Lipinski definition) is 0. The van der Waals surface area contributed by atoms with Crippen molar-refractivity contribution in [2.75, 3.05) is 0 Å². The molecule has 0 radical (unpaired) electrons. The van der Waals surface area contributed by atoms with Crippen molar-refractivity contribution in [3.8, 4) is 0 Å². The number of rotatable bonds is 1. The van der Waals surface area contributed by atoms with Crippen molar-refractivity contribution in [3.05, 3.63) is 46.7 Å². The second kappa shape index (κ2) is 3.39. The summed E-state index contributed by atoms with van der Waals surface area (Å²) >= 11 is 5.80. The van der Waals surface area contributed by atoms with Gasteiger partial charge in [-0.3, -0.25) is 4.79 Å². The van der Waals surface area contributed by atoms with Gasteiger partial charge in [-0.25, -0.2) is 4.39 Å². The summed E-state index contributed by atoms with van der Waals surface area (Å²) in [4.78, 5) is 10.7. The summed E-state index contributed by atoms with van der Waals surface area (Å²) in [5, 5.41) is 1.31. The van der Waals surface area contributed by atoms with Gasteiger partial charge in [0, 0.05) is 10.9 Å². The molecule has 2 aromatic carbocycles. The van der Waals surface area contributed by atoms with Crippen LogP contribution in [0.15, 0.2) is 30.3 Å². The van der Waals surface area contributed by atoms with Crippen molar-refractivity contribution < 1.29 is 9.18 Å². The molecule has 0 heterocycles. The average molecular weight is 209 g/mol. The van der Waals surface area contributed by atoms with Gasteiger partial charge in [0.2, 0.25) is 0 Å². The summed E-state index contributed by atoms with van der Waals surface area (Å²) in [7, 11) is 0. The van der Waals surface area contributed by atoms with Crippen LogP contribution in [0.1, 0.15) is 10.4 Å². The standard InChI is InChI=1S/C11H6ClFO/c12-10-5-4-8-7(9(10)6-14)2-1-3-11(8)13/h1-6H. The Labute approximate surface area is 85.1 Å². The van der Waals surface area contributed by atoms with Gasteiger partial charge in [0.15, 0.2) is 6.29 Å². The van der Waals surface area contributed by atoms with E-state index >= 15 is 0 Å². The third kappa shape index (κ3) is 1.28. The van der Waals surface area contributed by atoms with E-state index in [1.165, 1.54) is 12.1 Å². The Morgan fingerprint density at radius 1 is 1.14 bits per heavy atom. The molecule has 0 saturated carbocycles. The normalized spacial score (nSPS) is 10.4. The number of hydrogen-bond acceptors (Lipinski definition) is 1. The van der Waals surface area contributed by atoms with E-state index in [0.717, 1.165) is 0 Å². The molecule has 0 N–H and O–H groups in total. The van der Waals surface area contributed by atoms with E-state index in [-0.39, 0.29) is 5.82 Å². The molecule has 0 aliphatic heterocycles. The monoisotopic (exact) mass is 208 g/mol. The zero-order valence-electron chi connectivity index (χ0n) is 7.13. The number of fused-ring (bicyclic) bond motifs is 1. The highest BCUT2D eigenvalue weighted by molar-refractivity contribution is 6.34. The van der Waals surface area contributed by atoms with Crippen LogP contribution in [0.4, 0.5) is 4.39 Å². The fraction of sp³-hybridized carbons (Fsp3) is 0. The molecule has 1 nitrogen and oxygen atoms in total. The maximum absolute atomic E-state index is 13.3. The second-order valence-electron chi connectivity index (χ2n) is 2.91. The van der Waals surface area contributed by atoms with Gasteiger partial charge >= 0.3 is 0 Å². The van der Waals surface area contributed by atoms with E-state index in [2.05, 4.69) is 0 Å². The Kier molecular flexibility index (Phi) is 2.22. The first-order valence-electron chi connectivity index (χ1n) is 4.06. The van der Waals surface area contributed by atoms with Crippen molar-refractivity contribution in [3.63, 3.8) is 0 Å². The Bertz CT molecular complexity index is 508. The zero-order chi connectivity index (χ0) is 10.1. The van der Waals surface area contributed by atoms with Crippen molar-refractivity contribution >= 4 is 28.7 Å². The summed E-state index contributed by atoms with van der Waals surface area (Å²) in [5.74, 6) is -0.345. The first kappa shape index (κ1) is 9.16. The Morgan fingerprint density at radius 3 is 2.64 bits per heavy atom. The number of carbonyl (C=O) groups is 1. The molecule has 0 fully saturated rings. The molecular formula is C11H6ClFO. The SMILES string of the molecule is O=Cc1c(Cl)ccc2c(F)cccc12. The predicted molar refractivity (Wildman–Crippen MR) is 54.3 cm³/mol. The molecule has 2 aromatic rings. The highest BCUT2D eigenvalue weighted by atomic mass is 35.5. The van der Waals surface area contributed by atoms with Gasteiger partial charge in [-0.05, 0) is 23.6 Å². The average Bonchev–Trinajstić information content (AvgIpc) is 2.18. The summed E-state index contributed by atoms with van der Waals surface area (Å²) in [6, 6.07) is 7.68. The fourth-order valence-electron chi connectivity index (χ4n) is 1.44. The third-order valence-corrected chi connectivity index (χ3v) is 2.44. The molecular weight excluding hydrogens is 203 g/mol. The molecule has 0 spiro atoms. The van der Waals surface area contributed by atoms with E-state index in [1.807, 2.05) is 0 Å². The van der Waals surface area contributed by atoms with Gasteiger partial charge in [0.25, 0.3) is 0 Å². The lowest BCUT2D eigenvalue weighted by Gasteiger charge is -2.03. The smallest absolute Gasteiger partial charge is 0.152 e. The Balaban J connectivity index is 2.95. The molecule has 0 unspecified atom stereocenters. The van der Waals surface area contributed by atoms with Crippen molar-refractivity contribution in [1.29, 1.82) is 0 Å².